The van der Waals surface area contributed by atoms with Gasteiger partial charge in [-0.2, -0.15) is 0 Å². The summed E-state index contributed by atoms with van der Waals surface area (Å²) in [5, 5.41) is 0. The van der Waals surface area contributed by atoms with E-state index in [1.807, 2.05) is 35.2 Å². The van der Waals surface area contributed by atoms with Crippen LogP contribution in [0.2, 0.25) is 0 Å². The van der Waals surface area contributed by atoms with Gasteiger partial charge in [-0.1, -0.05) is 31.5 Å². The molecule has 1 heterocycles. The maximum Gasteiger partial charge on any atom is 0.415 e. The maximum absolute atomic E-state index is 12.2. The van der Waals surface area contributed by atoms with Crippen molar-refractivity contribution >= 4 is 6.09 Å². The number of likely N-dealkylation sites (tertiary alicyclic amines) is 1. The summed E-state index contributed by atoms with van der Waals surface area (Å²) in [7, 11) is 0. The average molecular weight is 247 g/mol. The zero-order chi connectivity index (χ0) is 12.8. The summed E-state index contributed by atoms with van der Waals surface area (Å²) in [5.74, 6) is 0.628. The minimum absolute atomic E-state index is 0.195. The standard InChI is InChI=1S/C15H21NO2/c1-2-8-13-9-6-7-12-16(13)15(17)18-14-10-4-3-5-11-14/h3-5,10-11,13H,2,6-9,12H2,1H3. The molecule has 0 aliphatic carbocycles. The number of carbonyl (C=O) groups is 1. The number of ether oxygens (including phenoxy) is 1. The van der Waals surface area contributed by atoms with Gasteiger partial charge in [0.2, 0.25) is 0 Å². The molecule has 1 aliphatic rings. The third kappa shape index (κ3) is 3.25. The average Bonchev–Trinajstić information content (AvgIpc) is 2.41. The zero-order valence-electron chi connectivity index (χ0n) is 11.0. The Bertz CT molecular complexity index is 375. The summed E-state index contributed by atoms with van der Waals surface area (Å²) >= 11 is 0. The van der Waals surface area contributed by atoms with E-state index in [4.69, 9.17) is 4.74 Å². The number of carbonyl (C=O) groups excluding carboxylic acids is 1. The van der Waals surface area contributed by atoms with E-state index in [0.717, 1.165) is 32.2 Å². The van der Waals surface area contributed by atoms with Gasteiger partial charge in [0.25, 0.3) is 0 Å². The molecule has 3 heteroatoms. The largest absolute Gasteiger partial charge is 0.415 e. The molecule has 1 fully saturated rings. The van der Waals surface area contributed by atoms with Gasteiger partial charge in [-0.3, -0.25) is 0 Å². The van der Waals surface area contributed by atoms with Crippen LogP contribution in [-0.2, 0) is 0 Å². The molecule has 18 heavy (non-hydrogen) atoms. The molecule has 1 saturated heterocycles. The van der Waals surface area contributed by atoms with Crippen molar-refractivity contribution in [3.63, 3.8) is 0 Å². The van der Waals surface area contributed by atoms with Crippen LogP contribution < -0.4 is 4.74 Å². The Labute approximate surface area is 109 Å². The highest BCUT2D eigenvalue weighted by Gasteiger charge is 2.27. The minimum atomic E-state index is -0.195. The first-order valence-corrected chi connectivity index (χ1v) is 6.84. The number of hydrogen-bond donors (Lipinski definition) is 0. The summed E-state index contributed by atoms with van der Waals surface area (Å²) < 4.78 is 5.42. The van der Waals surface area contributed by atoms with E-state index < -0.39 is 0 Å². The van der Waals surface area contributed by atoms with E-state index >= 15 is 0 Å². The number of amides is 1. The number of para-hydroxylation sites is 1. The molecule has 2 rings (SSSR count). The fourth-order valence-electron chi connectivity index (χ4n) is 2.52. The van der Waals surface area contributed by atoms with Gasteiger partial charge in [0.15, 0.2) is 0 Å². The molecule has 1 amide bonds. The van der Waals surface area contributed by atoms with Crippen LogP contribution in [0.4, 0.5) is 4.79 Å². The van der Waals surface area contributed by atoms with Crippen LogP contribution in [0.25, 0.3) is 0 Å². The quantitative estimate of drug-likeness (QED) is 0.812. The number of hydrogen-bond acceptors (Lipinski definition) is 2. The number of benzene rings is 1. The van der Waals surface area contributed by atoms with E-state index in [0.29, 0.717) is 11.8 Å². The number of rotatable bonds is 3. The maximum atomic E-state index is 12.2. The van der Waals surface area contributed by atoms with Crippen molar-refractivity contribution in [3.8, 4) is 5.75 Å². The molecule has 0 bridgehead atoms. The lowest BCUT2D eigenvalue weighted by atomic mass is 9.99. The molecule has 1 aromatic rings. The van der Waals surface area contributed by atoms with Crippen molar-refractivity contribution < 1.29 is 9.53 Å². The van der Waals surface area contributed by atoms with Crippen LogP contribution in [0.3, 0.4) is 0 Å². The van der Waals surface area contributed by atoms with Crippen LogP contribution in [0.1, 0.15) is 39.0 Å². The van der Waals surface area contributed by atoms with Crippen LogP contribution in [0.15, 0.2) is 30.3 Å². The smallest absolute Gasteiger partial charge is 0.410 e. The summed E-state index contributed by atoms with van der Waals surface area (Å²) in [5.41, 5.74) is 0. The summed E-state index contributed by atoms with van der Waals surface area (Å²) in [6.07, 6.45) is 5.41. The van der Waals surface area contributed by atoms with Gasteiger partial charge in [0.1, 0.15) is 5.75 Å². The Hall–Kier alpha value is -1.51. The molecule has 1 unspecified atom stereocenters. The van der Waals surface area contributed by atoms with Crippen LogP contribution in [-0.4, -0.2) is 23.6 Å². The van der Waals surface area contributed by atoms with Gasteiger partial charge >= 0.3 is 6.09 Å². The Morgan fingerprint density at radius 3 is 2.83 bits per heavy atom. The fraction of sp³-hybridized carbons (Fsp3) is 0.533. The molecular weight excluding hydrogens is 226 g/mol. The normalized spacial score (nSPS) is 19.6. The molecule has 98 valence electrons. The van der Waals surface area contributed by atoms with E-state index in [1.165, 1.54) is 6.42 Å². The number of nitrogens with zero attached hydrogens (tertiary/aromatic N) is 1. The topological polar surface area (TPSA) is 29.5 Å². The van der Waals surface area contributed by atoms with Crippen molar-refractivity contribution in [1.29, 1.82) is 0 Å². The third-order valence-corrected chi connectivity index (χ3v) is 3.43. The molecule has 1 aliphatic heterocycles. The first-order valence-electron chi connectivity index (χ1n) is 6.84. The van der Waals surface area contributed by atoms with Gasteiger partial charge < -0.3 is 9.64 Å². The summed E-state index contributed by atoms with van der Waals surface area (Å²) in [6, 6.07) is 9.66. The highest BCUT2D eigenvalue weighted by molar-refractivity contribution is 5.71. The second-order valence-corrected chi connectivity index (χ2v) is 4.81. The molecule has 1 atom stereocenters. The van der Waals surface area contributed by atoms with Crippen LogP contribution in [0, 0.1) is 0 Å². The van der Waals surface area contributed by atoms with Gasteiger partial charge in [-0.15, -0.1) is 0 Å². The predicted octanol–water partition coefficient (Wildman–Crippen LogP) is 3.84. The first-order chi connectivity index (χ1) is 8.81. The van der Waals surface area contributed by atoms with Gasteiger partial charge in [-0.25, -0.2) is 4.79 Å². The van der Waals surface area contributed by atoms with E-state index in [1.54, 1.807) is 0 Å². The molecule has 0 N–H and O–H groups in total. The lowest BCUT2D eigenvalue weighted by Gasteiger charge is -2.34. The van der Waals surface area contributed by atoms with E-state index in [-0.39, 0.29) is 6.09 Å². The lowest BCUT2D eigenvalue weighted by molar-refractivity contribution is 0.109. The van der Waals surface area contributed by atoms with Gasteiger partial charge in [0.05, 0.1) is 0 Å². The summed E-state index contributed by atoms with van der Waals surface area (Å²) in [4.78, 5) is 14.1. The fourth-order valence-corrected chi connectivity index (χ4v) is 2.52. The Balaban J connectivity index is 1.98. The van der Waals surface area contributed by atoms with Gasteiger partial charge in [0, 0.05) is 12.6 Å². The van der Waals surface area contributed by atoms with Crippen molar-refractivity contribution in [1.82, 2.24) is 4.90 Å². The van der Waals surface area contributed by atoms with Crippen LogP contribution >= 0.6 is 0 Å². The Morgan fingerprint density at radius 1 is 1.33 bits per heavy atom. The van der Waals surface area contributed by atoms with E-state index in [9.17, 15) is 4.79 Å². The molecule has 3 nitrogen and oxygen atoms in total. The summed E-state index contributed by atoms with van der Waals surface area (Å²) in [6.45, 7) is 2.99. The molecular formula is C15H21NO2. The Kier molecular flexibility index (Phi) is 4.62. The molecule has 0 saturated carbocycles. The van der Waals surface area contributed by atoms with Crippen molar-refractivity contribution in [2.75, 3.05) is 6.54 Å². The Morgan fingerprint density at radius 2 is 2.11 bits per heavy atom. The molecule has 0 spiro atoms. The second kappa shape index (κ2) is 6.43. The number of piperidine rings is 1. The minimum Gasteiger partial charge on any atom is -0.410 e. The SMILES string of the molecule is CCCC1CCCCN1C(=O)Oc1ccccc1. The van der Waals surface area contributed by atoms with Crippen molar-refractivity contribution in [3.05, 3.63) is 30.3 Å². The monoisotopic (exact) mass is 247 g/mol. The highest BCUT2D eigenvalue weighted by Crippen LogP contribution is 2.22. The molecule has 0 aromatic heterocycles. The lowest BCUT2D eigenvalue weighted by Crippen LogP contribution is -2.45. The van der Waals surface area contributed by atoms with E-state index in [2.05, 4.69) is 6.92 Å². The predicted molar refractivity (Wildman–Crippen MR) is 71.7 cm³/mol. The van der Waals surface area contributed by atoms with Crippen molar-refractivity contribution in [2.24, 2.45) is 0 Å². The van der Waals surface area contributed by atoms with Crippen LogP contribution in [0.5, 0.6) is 5.75 Å². The third-order valence-electron chi connectivity index (χ3n) is 3.43. The molecule has 0 radical (unpaired) electrons. The van der Waals surface area contributed by atoms with Gasteiger partial charge in [-0.05, 0) is 37.8 Å². The van der Waals surface area contributed by atoms with Crippen molar-refractivity contribution in [2.45, 2.75) is 45.1 Å². The zero-order valence-corrected chi connectivity index (χ0v) is 11.0. The second-order valence-electron chi connectivity index (χ2n) is 4.81. The molecule has 1 aromatic carbocycles. The first kappa shape index (κ1) is 12.9. The highest BCUT2D eigenvalue weighted by atomic mass is 16.6.